The first kappa shape index (κ1) is 22.6. The van der Waals surface area contributed by atoms with Crippen molar-refractivity contribution in [3.05, 3.63) is 59.8 Å². The van der Waals surface area contributed by atoms with E-state index in [4.69, 9.17) is 0 Å². The van der Waals surface area contributed by atoms with Gasteiger partial charge >= 0.3 is 6.18 Å². The van der Waals surface area contributed by atoms with Crippen molar-refractivity contribution in [3.63, 3.8) is 0 Å². The Morgan fingerprint density at radius 1 is 0.969 bits per heavy atom. The smallest absolute Gasteiger partial charge is 0.355 e. The van der Waals surface area contributed by atoms with Crippen molar-refractivity contribution in [2.45, 2.75) is 32.0 Å². The van der Waals surface area contributed by atoms with Crippen LogP contribution in [0.1, 0.15) is 30.4 Å². The number of rotatable bonds is 4. The van der Waals surface area contributed by atoms with Crippen LogP contribution < -0.4 is 4.90 Å². The molecule has 2 aromatic rings. The Hall–Kier alpha value is -2.61. The molecule has 1 aromatic heterocycles. The monoisotopic (exact) mass is 446 g/mol. The van der Waals surface area contributed by atoms with Crippen molar-refractivity contribution in [3.8, 4) is 0 Å². The number of alkyl halides is 3. The maximum atomic E-state index is 13.2. The molecule has 1 unspecified atom stereocenters. The minimum absolute atomic E-state index is 0.00297. The highest BCUT2D eigenvalue weighted by Gasteiger charge is 2.32. The maximum absolute atomic E-state index is 13.2. The average molecular weight is 447 g/mol. The van der Waals surface area contributed by atoms with Crippen LogP contribution in [0.3, 0.4) is 0 Å². The lowest BCUT2D eigenvalue weighted by Crippen LogP contribution is -2.45. The summed E-state index contributed by atoms with van der Waals surface area (Å²) in [6.45, 7) is 5.12. The number of halogens is 3. The van der Waals surface area contributed by atoms with Gasteiger partial charge in [-0.2, -0.15) is 13.2 Å². The Morgan fingerprint density at radius 2 is 1.78 bits per heavy atom. The minimum Gasteiger partial charge on any atom is -0.355 e. The third-order valence-corrected chi connectivity index (χ3v) is 6.31. The Balaban J connectivity index is 1.33. The molecule has 4 rings (SSSR count). The molecule has 5 nitrogen and oxygen atoms in total. The van der Waals surface area contributed by atoms with Crippen LogP contribution in [0.5, 0.6) is 0 Å². The predicted octanol–water partition coefficient (Wildman–Crippen LogP) is 4.05. The van der Waals surface area contributed by atoms with E-state index in [1.165, 1.54) is 11.6 Å². The highest BCUT2D eigenvalue weighted by atomic mass is 19.4. The van der Waals surface area contributed by atoms with Gasteiger partial charge in [-0.1, -0.05) is 30.3 Å². The molecule has 2 fully saturated rings. The van der Waals surface area contributed by atoms with Gasteiger partial charge in [0.05, 0.1) is 11.5 Å². The number of amides is 1. The number of piperidine rings is 1. The summed E-state index contributed by atoms with van der Waals surface area (Å²) < 4.78 is 38.4. The first-order chi connectivity index (χ1) is 15.4. The van der Waals surface area contributed by atoms with E-state index in [1.807, 2.05) is 28.0 Å². The lowest BCUT2D eigenvalue weighted by atomic mass is 9.96. The lowest BCUT2D eigenvalue weighted by Gasteiger charge is -2.34. The van der Waals surface area contributed by atoms with Gasteiger partial charge in [0.2, 0.25) is 5.91 Å². The third-order valence-electron chi connectivity index (χ3n) is 6.31. The lowest BCUT2D eigenvalue weighted by molar-refractivity contribution is -0.138. The second-order valence-electron chi connectivity index (χ2n) is 8.63. The molecule has 3 heterocycles. The van der Waals surface area contributed by atoms with Gasteiger partial charge in [0.1, 0.15) is 5.82 Å². The van der Waals surface area contributed by atoms with Crippen molar-refractivity contribution in [1.82, 2.24) is 14.8 Å². The number of nitrogens with zero attached hydrogens (tertiary/aromatic N) is 4. The van der Waals surface area contributed by atoms with Gasteiger partial charge in [0.15, 0.2) is 0 Å². The second-order valence-corrected chi connectivity index (χ2v) is 8.63. The number of pyridine rings is 1. The van der Waals surface area contributed by atoms with E-state index < -0.39 is 11.7 Å². The summed E-state index contributed by atoms with van der Waals surface area (Å²) in [5.74, 6) is 0.729. The van der Waals surface area contributed by atoms with Crippen LogP contribution in [-0.4, -0.2) is 60.0 Å². The molecule has 172 valence electrons. The number of likely N-dealkylation sites (tertiary alicyclic amines) is 1. The number of benzene rings is 1. The Kier molecular flexibility index (Phi) is 6.98. The molecule has 2 saturated heterocycles. The van der Waals surface area contributed by atoms with Gasteiger partial charge in [-0.25, -0.2) is 4.98 Å². The van der Waals surface area contributed by atoms with Gasteiger partial charge in [-0.3, -0.25) is 9.69 Å². The summed E-state index contributed by atoms with van der Waals surface area (Å²) in [5.41, 5.74) is 0.514. The summed E-state index contributed by atoms with van der Waals surface area (Å²) in [5, 5.41) is 0. The van der Waals surface area contributed by atoms with Crippen LogP contribution in [0.2, 0.25) is 0 Å². The fourth-order valence-corrected chi connectivity index (χ4v) is 4.61. The normalized spacial score (nSPS) is 20.8. The molecule has 0 N–H and O–H groups in total. The topological polar surface area (TPSA) is 39.7 Å². The molecular weight excluding hydrogens is 417 g/mol. The first-order valence-electron chi connectivity index (χ1n) is 11.2. The second kappa shape index (κ2) is 9.90. The van der Waals surface area contributed by atoms with Crippen molar-refractivity contribution in [2.24, 2.45) is 5.92 Å². The van der Waals surface area contributed by atoms with Crippen LogP contribution >= 0.6 is 0 Å². The fraction of sp³-hybridized carbons (Fsp3) is 0.500. The fourth-order valence-electron chi connectivity index (χ4n) is 4.61. The Labute approximate surface area is 186 Å². The van der Waals surface area contributed by atoms with Gasteiger partial charge in [0.25, 0.3) is 0 Å². The average Bonchev–Trinajstić information content (AvgIpc) is 3.05. The number of carbonyl (C=O) groups excluding carboxylic acids is 1. The van der Waals surface area contributed by atoms with Gasteiger partial charge in [-0.05, 0) is 43.5 Å². The molecule has 8 heteroatoms. The molecular formula is C24H29F3N4O. The molecule has 0 spiro atoms. The summed E-state index contributed by atoms with van der Waals surface area (Å²) in [7, 11) is 0. The predicted molar refractivity (Wildman–Crippen MR) is 117 cm³/mol. The zero-order valence-corrected chi connectivity index (χ0v) is 18.1. The molecule has 0 aliphatic carbocycles. The SMILES string of the molecule is O=C(C1CCCN(Cc2ccccc2)C1)N1CCCN(c2ccc(C(F)(F)F)cn2)CC1. The van der Waals surface area contributed by atoms with E-state index in [0.717, 1.165) is 51.2 Å². The zero-order chi connectivity index (χ0) is 22.6. The molecule has 2 aliphatic heterocycles. The quantitative estimate of drug-likeness (QED) is 0.711. The van der Waals surface area contributed by atoms with E-state index in [0.29, 0.717) is 32.0 Å². The van der Waals surface area contributed by atoms with Gasteiger partial charge in [0, 0.05) is 45.5 Å². The minimum atomic E-state index is -4.39. The van der Waals surface area contributed by atoms with Crippen molar-refractivity contribution in [2.75, 3.05) is 44.2 Å². The van der Waals surface area contributed by atoms with Crippen molar-refractivity contribution in [1.29, 1.82) is 0 Å². The maximum Gasteiger partial charge on any atom is 0.417 e. The van der Waals surface area contributed by atoms with Crippen molar-refractivity contribution < 1.29 is 18.0 Å². The molecule has 0 bridgehead atoms. The number of anilines is 1. The standard InChI is InChI=1S/C24H29F3N4O/c25-24(26,27)21-9-10-22(28-16-21)30-12-5-13-31(15-14-30)23(32)20-8-4-11-29(18-20)17-19-6-2-1-3-7-19/h1-3,6-7,9-10,16,20H,4-5,8,11-15,17-18H2. The van der Waals surface area contributed by atoms with Crippen LogP contribution in [0.15, 0.2) is 48.7 Å². The summed E-state index contributed by atoms with van der Waals surface area (Å²) >= 11 is 0. The molecule has 0 saturated carbocycles. The van der Waals surface area contributed by atoms with E-state index >= 15 is 0 Å². The molecule has 2 aliphatic rings. The third kappa shape index (κ3) is 5.59. The van der Waals surface area contributed by atoms with Gasteiger partial charge in [-0.15, -0.1) is 0 Å². The molecule has 1 atom stereocenters. The zero-order valence-electron chi connectivity index (χ0n) is 18.1. The molecule has 32 heavy (non-hydrogen) atoms. The van der Waals surface area contributed by atoms with E-state index in [1.54, 1.807) is 0 Å². The summed E-state index contributed by atoms with van der Waals surface area (Å²) in [4.78, 5) is 23.5. The summed E-state index contributed by atoms with van der Waals surface area (Å²) in [6, 6.07) is 12.8. The number of hydrogen-bond donors (Lipinski definition) is 0. The Bertz CT molecular complexity index is 888. The van der Waals surface area contributed by atoms with E-state index in [-0.39, 0.29) is 11.8 Å². The van der Waals surface area contributed by atoms with E-state index in [9.17, 15) is 18.0 Å². The highest BCUT2D eigenvalue weighted by molar-refractivity contribution is 5.79. The van der Waals surface area contributed by atoms with Crippen LogP contribution in [0.4, 0.5) is 19.0 Å². The number of carbonyl (C=O) groups is 1. The van der Waals surface area contributed by atoms with Crippen LogP contribution in [-0.2, 0) is 17.5 Å². The van der Waals surface area contributed by atoms with Gasteiger partial charge < -0.3 is 9.80 Å². The van der Waals surface area contributed by atoms with Crippen LogP contribution in [0, 0.1) is 5.92 Å². The van der Waals surface area contributed by atoms with Crippen LogP contribution in [0.25, 0.3) is 0 Å². The van der Waals surface area contributed by atoms with E-state index in [2.05, 4.69) is 22.0 Å². The van der Waals surface area contributed by atoms with Crippen molar-refractivity contribution >= 4 is 11.7 Å². The Morgan fingerprint density at radius 3 is 2.50 bits per heavy atom. The first-order valence-corrected chi connectivity index (χ1v) is 11.2. The highest BCUT2D eigenvalue weighted by Crippen LogP contribution is 2.29. The number of hydrogen-bond acceptors (Lipinski definition) is 4. The molecule has 0 radical (unpaired) electrons. The summed E-state index contributed by atoms with van der Waals surface area (Å²) in [6.07, 6.45) is -0.813. The molecule has 1 amide bonds. The molecule has 1 aromatic carbocycles. The largest absolute Gasteiger partial charge is 0.417 e. The number of aromatic nitrogens is 1.